The lowest BCUT2D eigenvalue weighted by Gasteiger charge is -2.32. The van der Waals surface area contributed by atoms with Crippen molar-refractivity contribution in [1.29, 1.82) is 0 Å². The van der Waals surface area contributed by atoms with Gasteiger partial charge in [-0.15, -0.1) is 10.2 Å². The van der Waals surface area contributed by atoms with Crippen LogP contribution in [0, 0.1) is 5.92 Å². The predicted octanol–water partition coefficient (Wildman–Crippen LogP) is 2.05. The zero-order chi connectivity index (χ0) is 17.2. The summed E-state index contributed by atoms with van der Waals surface area (Å²) >= 11 is 0. The number of fused-ring (bicyclic) bond motifs is 1. The van der Waals surface area contributed by atoms with Crippen molar-refractivity contribution in [1.82, 2.24) is 24.6 Å². The summed E-state index contributed by atoms with van der Waals surface area (Å²) in [6, 6.07) is 0. The highest BCUT2D eigenvalue weighted by atomic mass is 16.2. The number of rotatable bonds is 3. The first-order valence-electron chi connectivity index (χ1n) is 10.1. The van der Waals surface area contributed by atoms with Crippen LogP contribution in [0.3, 0.4) is 0 Å². The zero-order valence-corrected chi connectivity index (χ0v) is 15.5. The Hall–Kier alpha value is -1.43. The van der Waals surface area contributed by atoms with E-state index < -0.39 is 0 Å². The van der Waals surface area contributed by atoms with Gasteiger partial charge in [0, 0.05) is 51.5 Å². The summed E-state index contributed by atoms with van der Waals surface area (Å²) in [5.74, 6) is 3.79. The van der Waals surface area contributed by atoms with E-state index in [1.165, 1.54) is 25.7 Å². The third-order valence-corrected chi connectivity index (χ3v) is 6.43. The number of hydrogen-bond acceptors (Lipinski definition) is 4. The smallest absolute Gasteiger partial charge is 0.222 e. The van der Waals surface area contributed by atoms with E-state index >= 15 is 0 Å². The molecule has 0 atom stereocenters. The van der Waals surface area contributed by atoms with Crippen LogP contribution in [0.2, 0.25) is 0 Å². The maximum Gasteiger partial charge on any atom is 0.222 e. The second kappa shape index (κ2) is 7.44. The molecule has 0 radical (unpaired) electrons. The van der Waals surface area contributed by atoms with Gasteiger partial charge in [0.15, 0.2) is 0 Å². The van der Waals surface area contributed by atoms with E-state index in [4.69, 9.17) is 0 Å². The third-order valence-electron chi connectivity index (χ3n) is 6.43. The van der Waals surface area contributed by atoms with E-state index in [0.717, 1.165) is 70.1 Å². The molecule has 4 rings (SSSR count). The van der Waals surface area contributed by atoms with Crippen LogP contribution in [0.1, 0.15) is 62.5 Å². The van der Waals surface area contributed by atoms with Crippen LogP contribution in [-0.4, -0.2) is 63.7 Å². The summed E-state index contributed by atoms with van der Waals surface area (Å²) in [6.45, 7) is 4.90. The lowest BCUT2D eigenvalue weighted by molar-refractivity contribution is -0.133. The quantitative estimate of drug-likeness (QED) is 0.841. The number of carbonyl (C=O) groups is 1. The molecule has 0 N–H and O–H groups in total. The molecule has 0 aromatic carbocycles. The highest BCUT2D eigenvalue weighted by Crippen LogP contribution is 2.31. The Balaban J connectivity index is 1.34. The Morgan fingerprint density at radius 2 is 1.76 bits per heavy atom. The molecular formula is C19H31N5O. The fraction of sp³-hybridized carbons (Fsp3) is 0.842. The molecule has 3 aliphatic rings. The van der Waals surface area contributed by atoms with Crippen LogP contribution in [-0.2, 0) is 17.8 Å². The molecule has 1 amide bonds. The van der Waals surface area contributed by atoms with Gasteiger partial charge in [0.25, 0.3) is 0 Å². The number of aromatic nitrogens is 3. The van der Waals surface area contributed by atoms with Crippen molar-refractivity contribution in [3.63, 3.8) is 0 Å². The molecule has 2 fully saturated rings. The zero-order valence-electron chi connectivity index (χ0n) is 15.5. The summed E-state index contributed by atoms with van der Waals surface area (Å²) in [5.41, 5.74) is 0. The number of nitrogens with zero attached hydrogens (tertiary/aromatic N) is 5. The molecule has 25 heavy (non-hydrogen) atoms. The van der Waals surface area contributed by atoms with E-state index in [2.05, 4.69) is 31.6 Å². The summed E-state index contributed by atoms with van der Waals surface area (Å²) in [4.78, 5) is 17.0. The molecule has 0 unspecified atom stereocenters. The second-order valence-corrected chi connectivity index (χ2v) is 8.19. The van der Waals surface area contributed by atoms with Gasteiger partial charge in [-0.05, 0) is 38.6 Å². The Labute approximate surface area is 150 Å². The maximum absolute atomic E-state index is 12.5. The van der Waals surface area contributed by atoms with Gasteiger partial charge in [0.2, 0.25) is 5.91 Å². The van der Waals surface area contributed by atoms with E-state index in [1.54, 1.807) is 0 Å². The van der Waals surface area contributed by atoms with Gasteiger partial charge >= 0.3 is 0 Å². The van der Waals surface area contributed by atoms with Crippen LogP contribution in [0.25, 0.3) is 0 Å². The molecule has 1 aliphatic carbocycles. The number of carbonyl (C=O) groups excluding carboxylic acids is 1. The number of amides is 1. The number of piperidine rings is 1. The SMILES string of the molecule is CN1CCc2nnc(C3CCN(C(=O)CC4CCCC4)CC3)n2CC1. The average molecular weight is 345 g/mol. The minimum Gasteiger partial charge on any atom is -0.343 e. The minimum atomic E-state index is 0.382. The Morgan fingerprint density at radius 1 is 1.00 bits per heavy atom. The predicted molar refractivity (Wildman–Crippen MR) is 96.4 cm³/mol. The van der Waals surface area contributed by atoms with E-state index in [9.17, 15) is 4.79 Å². The average Bonchev–Trinajstić information content (AvgIpc) is 3.24. The van der Waals surface area contributed by atoms with E-state index in [1.807, 2.05) is 0 Å². The second-order valence-electron chi connectivity index (χ2n) is 8.19. The van der Waals surface area contributed by atoms with E-state index in [0.29, 0.717) is 17.7 Å². The molecule has 6 heteroatoms. The fourth-order valence-electron chi connectivity index (χ4n) is 4.73. The van der Waals surface area contributed by atoms with Crippen molar-refractivity contribution in [3.8, 4) is 0 Å². The van der Waals surface area contributed by atoms with Gasteiger partial charge in [-0.2, -0.15) is 0 Å². The molecule has 1 saturated carbocycles. The van der Waals surface area contributed by atoms with Crippen molar-refractivity contribution >= 4 is 5.91 Å². The maximum atomic E-state index is 12.5. The van der Waals surface area contributed by atoms with Crippen molar-refractivity contribution in [2.24, 2.45) is 5.92 Å². The van der Waals surface area contributed by atoms with Crippen LogP contribution in [0.5, 0.6) is 0 Å². The minimum absolute atomic E-state index is 0.382. The van der Waals surface area contributed by atoms with Gasteiger partial charge in [-0.3, -0.25) is 4.79 Å². The monoisotopic (exact) mass is 345 g/mol. The van der Waals surface area contributed by atoms with Crippen LogP contribution < -0.4 is 0 Å². The largest absolute Gasteiger partial charge is 0.343 e. The molecule has 3 heterocycles. The first-order chi connectivity index (χ1) is 12.2. The van der Waals surface area contributed by atoms with Crippen LogP contribution >= 0.6 is 0 Å². The number of likely N-dealkylation sites (tertiary alicyclic amines) is 1. The lowest BCUT2D eigenvalue weighted by atomic mass is 9.94. The third kappa shape index (κ3) is 3.73. The molecule has 1 saturated heterocycles. The fourth-order valence-corrected chi connectivity index (χ4v) is 4.73. The van der Waals surface area contributed by atoms with Crippen molar-refractivity contribution in [3.05, 3.63) is 11.6 Å². The van der Waals surface area contributed by atoms with Crippen LogP contribution in [0.4, 0.5) is 0 Å². The van der Waals surface area contributed by atoms with Crippen molar-refractivity contribution in [2.45, 2.75) is 63.8 Å². The highest BCUT2D eigenvalue weighted by molar-refractivity contribution is 5.76. The summed E-state index contributed by atoms with van der Waals surface area (Å²) in [6.07, 6.45) is 8.96. The van der Waals surface area contributed by atoms with Crippen LogP contribution in [0.15, 0.2) is 0 Å². The topological polar surface area (TPSA) is 54.3 Å². The van der Waals surface area contributed by atoms with Gasteiger partial charge in [0.1, 0.15) is 11.6 Å². The van der Waals surface area contributed by atoms with Crippen molar-refractivity contribution < 1.29 is 4.79 Å². The molecule has 6 nitrogen and oxygen atoms in total. The Morgan fingerprint density at radius 3 is 2.52 bits per heavy atom. The normalized spacial score (nSPS) is 23.6. The standard InChI is InChI=1S/C19H31N5O/c1-22-9-8-17-20-21-19(24(17)13-12-22)16-6-10-23(11-7-16)18(25)14-15-4-2-3-5-15/h15-16H,2-14H2,1H3. The number of hydrogen-bond donors (Lipinski definition) is 0. The summed E-state index contributed by atoms with van der Waals surface area (Å²) < 4.78 is 2.35. The first-order valence-corrected chi connectivity index (χ1v) is 10.1. The number of likely N-dealkylation sites (N-methyl/N-ethyl adjacent to an activating group) is 1. The van der Waals surface area contributed by atoms with Gasteiger partial charge in [0.05, 0.1) is 0 Å². The first kappa shape index (κ1) is 17.0. The van der Waals surface area contributed by atoms with Gasteiger partial charge in [-0.1, -0.05) is 12.8 Å². The Bertz CT molecular complexity index is 599. The molecule has 1 aromatic rings. The van der Waals surface area contributed by atoms with Crippen molar-refractivity contribution in [2.75, 3.05) is 33.2 Å². The summed E-state index contributed by atoms with van der Waals surface area (Å²) in [5, 5.41) is 8.99. The highest BCUT2D eigenvalue weighted by Gasteiger charge is 2.30. The van der Waals surface area contributed by atoms with Gasteiger partial charge < -0.3 is 14.4 Å². The summed E-state index contributed by atoms with van der Waals surface area (Å²) in [7, 11) is 2.17. The molecule has 0 spiro atoms. The molecule has 2 aliphatic heterocycles. The molecule has 1 aromatic heterocycles. The van der Waals surface area contributed by atoms with Gasteiger partial charge in [-0.25, -0.2) is 0 Å². The molecule has 138 valence electrons. The Kier molecular flexibility index (Phi) is 5.06. The molecular weight excluding hydrogens is 314 g/mol. The van der Waals surface area contributed by atoms with E-state index in [-0.39, 0.29) is 0 Å². The molecule has 0 bridgehead atoms. The lowest BCUT2D eigenvalue weighted by Crippen LogP contribution is -2.39.